The fourth-order valence-corrected chi connectivity index (χ4v) is 3.91. The summed E-state index contributed by atoms with van der Waals surface area (Å²) in [6.07, 6.45) is 2.04. The third-order valence-electron chi connectivity index (χ3n) is 5.69. The molecule has 2 amide bonds. The van der Waals surface area contributed by atoms with Gasteiger partial charge in [-0.1, -0.05) is 0 Å². The molecule has 3 rings (SSSR count). The Morgan fingerprint density at radius 3 is 2.13 bits per heavy atom. The number of nitrogens with one attached hydrogen (secondary N) is 1. The summed E-state index contributed by atoms with van der Waals surface area (Å²) in [5.74, 6) is -1.90. The fourth-order valence-electron chi connectivity index (χ4n) is 3.91. The van der Waals surface area contributed by atoms with Crippen LogP contribution in [0.2, 0.25) is 0 Å². The molecule has 1 atom stereocenters. The van der Waals surface area contributed by atoms with Gasteiger partial charge in [0, 0.05) is 57.9 Å². The quantitative estimate of drug-likeness (QED) is 0.532. The van der Waals surface area contributed by atoms with Gasteiger partial charge < -0.3 is 20.4 Å². The number of hydrogen-bond donors (Lipinski definition) is 3. The Bertz CT molecular complexity index is 740. The van der Waals surface area contributed by atoms with E-state index in [-0.39, 0.29) is 24.0 Å². The Morgan fingerprint density at radius 2 is 1.53 bits per heavy atom. The number of aliphatic carboxylic acids is 1. The van der Waals surface area contributed by atoms with Crippen molar-refractivity contribution >= 4 is 23.5 Å². The number of carboxylic acids is 1. The van der Waals surface area contributed by atoms with Crippen LogP contribution in [-0.4, -0.2) is 95.1 Å². The third kappa shape index (κ3) is 6.43. The monoisotopic (exact) mass is 418 g/mol. The molecule has 1 aromatic carbocycles. The lowest BCUT2D eigenvalue weighted by Gasteiger charge is -2.36. The number of nitrogens with zero attached hydrogens (tertiary/aromatic N) is 3. The number of amides is 2. The molecule has 0 bridgehead atoms. The minimum absolute atomic E-state index is 0.0951. The Kier molecular flexibility index (Phi) is 7.64. The van der Waals surface area contributed by atoms with Gasteiger partial charge in [-0.25, -0.2) is 0 Å². The summed E-state index contributed by atoms with van der Waals surface area (Å²) in [6, 6.07) is 6.04. The highest BCUT2D eigenvalue weighted by Gasteiger charge is 2.28. The van der Waals surface area contributed by atoms with Crippen molar-refractivity contribution in [1.82, 2.24) is 14.7 Å². The average molecular weight is 418 g/mol. The molecule has 30 heavy (non-hydrogen) atoms. The molecule has 9 nitrogen and oxygen atoms in total. The summed E-state index contributed by atoms with van der Waals surface area (Å²) in [4.78, 5) is 42.3. The van der Waals surface area contributed by atoms with Crippen LogP contribution in [0.25, 0.3) is 0 Å². The fraction of sp³-hybridized carbons (Fsp3) is 0.571. The standard InChI is InChI=1S/C21H30N4O5/c26-18-5-3-17(4-6-18)22-19(27)13-16(21(29)30)14-23-9-11-24(12-10-23)15-20(28)25-7-1-2-8-25/h3-6,16,26H,1-2,7-15H2,(H,22,27)(H,29,30). The van der Waals surface area contributed by atoms with Crippen molar-refractivity contribution in [3.63, 3.8) is 0 Å². The predicted molar refractivity (Wildman–Crippen MR) is 111 cm³/mol. The van der Waals surface area contributed by atoms with Crippen molar-refractivity contribution in [2.75, 3.05) is 57.7 Å². The molecular formula is C21H30N4O5. The van der Waals surface area contributed by atoms with Crippen molar-refractivity contribution in [3.8, 4) is 5.75 Å². The van der Waals surface area contributed by atoms with Gasteiger partial charge in [0.25, 0.3) is 0 Å². The van der Waals surface area contributed by atoms with E-state index in [2.05, 4.69) is 10.2 Å². The number of phenolic OH excluding ortho intramolecular Hbond substituents is 1. The molecule has 2 aliphatic rings. The predicted octanol–water partition coefficient (Wildman–Crippen LogP) is 0.662. The molecule has 1 unspecified atom stereocenters. The molecule has 2 fully saturated rings. The van der Waals surface area contributed by atoms with Crippen molar-refractivity contribution < 1.29 is 24.6 Å². The summed E-state index contributed by atoms with van der Waals surface area (Å²) in [5.41, 5.74) is 0.512. The highest BCUT2D eigenvalue weighted by molar-refractivity contribution is 5.93. The number of rotatable bonds is 8. The van der Waals surface area contributed by atoms with Crippen LogP contribution >= 0.6 is 0 Å². The average Bonchev–Trinajstić information content (AvgIpc) is 3.25. The van der Waals surface area contributed by atoms with Crippen LogP contribution in [0.15, 0.2) is 24.3 Å². The lowest BCUT2D eigenvalue weighted by Crippen LogP contribution is -2.51. The van der Waals surface area contributed by atoms with E-state index >= 15 is 0 Å². The van der Waals surface area contributed by atoms with E-state index in [0.29, 0.717) is 45.0 Å². The second-order valence-electron chi connectivity index (χ2n) is 8.00. The number of carbonyl (C=O) groups excluding carboxylic acids is 2. The first-order valence-electron chi connectivity index (χ1n) is 10.4. The van der Waals surface area contributed by atoms with Gasteiger partial charge in [-0.15, -0.1) is 0 Å². The van der Waals surface area contributed by atoms with E-state index in [1.165, 1.54) is 12.1 Å². The van der Waals surface area contributed by atoms with Crippen molar-refractivity contribution in [2.24, 2.45) is 5.92 Å². The van der Waals surface area contributed by atoms with Gasteiger partial charge in [0.1, 0.15) is 5.75 Å². The molecule has 1 aromatic rings. The molecule has 0 aliphatic carbocycles. The largest absolute Gasteiger partial charge is 0.508 e. The molecular weight excluding hydrogens is 388 g/mol. The molecule has 9 heteroatoms. The lowest BCUT2D eigenvalue weighted by molar-refractivity contribution is -0.144. The lowest BCUT2D eigenvalue weighted by atomic mass is 10.0. The second-order valence-corrected chi connectivity index (χ2v) is 8.00. The number of piperazine rings is 1. The van der Waals surface area contributed by atoms with Gasteiger partial charge in [-0.05, 0) is 37.1 Å². The van der Waals surface area contributed by atoms with Crippen LogP contribution in [0.4, 0.5) is 5.69 Å². The van der Waals surface area contributed by atoms with Gasteiger partial charge in [-0.3, -0.25) is 24.2 Å². The van der Waals surface area contributed by atoms with E-state index in [4.69, 9.17) is 0 Å². The zero-order valence-electron chi connectivity index (χ0n) is 17.1. The van der Waals surface area contributed by atoms with Crippen LogP contribution in [0.3, 0.4) is 0 Å². The summed E-state index contributed by atoms with van der Waals surface area (Å²) in [5, 5.41) is 21.5. The third-order valence-corrected chi connectivity index (χ3v) is 5.69. The van der Waals surface area contributed by atoms with E-state index in [1.807, 2.05) is 9.80 Å². The second kappa shape index (κ2) is 10.4. The van der Waals surface area contributed by atoms with E-state index < -0.39 is 11.9 Å². The summed E-state index contributed by atoms with van der Waals surface area (Å²) in [6.45, 7) is 5.21. The number of anilines is 1. The van der Waals surface area contributed by atoms with Gasteiger partial charge in [0.05, 0.1) is 12.5 Å². The number of carbonyl (C=O) groups is 3. The highest BCUT2D eigenvalue weighted by Crippen LogP contribution is 2.16. The Balaban J connectivity index is 1.43. The van der Waals surface area contributed by atoms with Gasteiger partial charge >= 0.3 is 5.97 Å². The highest BCUT2D eigenvalue weighted by atomic mass is 16.4. The van der Waals surface area contributed by atoms with Crippen LogP contribution in [0, 0.1) is 5.92 Å². The minimum atomic E-state index is -0.998. The van der Waals surface area contributed by atoms with E-state index in [0.717, 1.165) is 25.9 Å². The SMILES string of the molecule is O=C(CC(CN1CCN(CC(=O)N2CCCC2)CC1)C(=O)O)Nc1ccc(O)cc1. The van der Waals surface area contributed by atoms with E-state index in [1.54, 1.807) is 12.1 Å². The molecule has 2 aliphatic heterocycles. The van der Waals surface area contributed by atoms with Crippen LogP contribution in [-0.2, 0) is 14.4 Å². The number of phenols is 1. The zero-order chi connectivity index (χ0) is 21.5. The van der Waals surface area contributed by atoms with Crippen molar-refractivity contribution in [2.45, 2.75) is 19.3 Å². The molecule has 2 heterocycles. The molecule has 2 saturated heterocycles. The molecule has 3 N–H and O–H groups in total. The topological polar surface area (TPSA) is 113 Å². The van der Waals surface area contributed by atoms with Crippen LogP contribution < -0.4 is 5.32 Å². The maximum Gasteiger partial charge on any atom is 0.308 e. The molecule has 0 saturated carbocycles. The number of likely N-dealkylation sites (tertiary alicyclic amines) is 1. The maximum atomic E-state index is 12.3. The van der Waals surface area contributed by atoms with Gasteiger partial charge in [0.15, 0.2) is 0 Å². The van der Waals surface area contributed by atoms with Crippen molar-refractivity contribution in [1.29, 1.82) is 0 Å². The summed E-state index contributed by atoms with van der Waals surface area (Å²) in [7, 11) is 0. The van der Waals surface area contributed by atoms with E-state index in [9.17, 15) is 24.6 Å². The Labute approximate surface area is 176 Å². The number of aromatic hydroxyl groups is 1. The zero-order valence-corrected chi connectivity index (χ0v) is 17.1. The maximum absolute atomic E-state index is 12.3. The molecule has 0 radical (unpaired) electrons. The first-order valence-corrected chi connectivity index (χ1v) is 10.4. The molecule has 164 valence electrons. The number of carboxylic acid groups (broad SMARTS) is 1. The smallest absolute Gasteiger partial charge is 0.308 e. The minimum Gasteiger partial charge on any atom is -0.508 e. The first-order chi connectivity index (χ1) is 14.4. The van der Waals surface area contributed by atoms with Gasteiger partial charge in [-0.2, -0.15) is 0 Å². The summed E-state index contributed by atoms with van der Waals surface area (Å²) < 4.78 is 0. The van der Waals surface area contributed by atoms with Crippen LogP contribution in [0.1, 0.15) is 19.3 Å². The number of hydrogen-bond acceptors (Lipinski definition) is 6. The Morgan fingerprint density at radius 1 is 0.933 bits per heavy atom. The van der Waals surface area contributed by atoms with Crippen LogP contribution in [0.5, 0.6) is 5.75 Å². The van der Waals surface area contributed by atoms with Gasteiger partial charge in [0.2, 0.25) is 11.8 Å². The Hall–Kier alpha value is -2.65. The van der Waals surface area contributed by atoms with Crippen molar-refractivity contribution in [3.05, 3.63) is 24.3 Å². The normalized spacial score (nSPS) is 18.9. The summed E-state index contributed by atoms with van der Waals surface area (Å²) >= 11 is 0. The molecule has 0 aromatic heterocycles. The first kappa shape index (κ1) is 22.0. The number of benzene rings is 1. The molecule has 0 spiro atoms.